The highest BCUT2D eigenvalue weighted by molar-refractivity contribution is 5.80. The molecule has 0 saturated carbocycles. The molecule has 1 unspecified atom stereocenters. The van der Waals surface area contributed by atoms with E-state index < -0.39 is 17.6 Å². The largest absolute Gasteiger partial charge is 0.480 e. The van der Waals surface area contributed by atoms with Gasteiger partial charge >= 0.3 is 5.97 Å². The topological polar surface area (TPSA) is 79.3 Å². The van der Waals surface area contributed by atoms with Crippen molar-refractivity contribution >= 4 is 11.9 Å². The maximum Gasteiger partial charge on any atom is 0.323 e. The van der Waals surface area contributed by atoms with Gasteiger partial charge in [0.2, 0.25) is 5.91 Å². The molecule has 0 bridgehead atoms. The Kier molecular flexibility index (Phi) is 4.62. The van der Waals surface area contributed by atoms with Crippen molar-refractivity contribution in [3.8, 4) is 0 Å². The molecule has 2 aliphatic heterocycles. The van der Waals surface area contributed by atoms with E-state index in [0.717, 1.165) is 0 Å². The lowest BCUT2D eigenvalue weighted by molar-refractivity contribution is -0.165. The van der Waals surface area contributed by atoms with Gasteiger partial charge in [-0.1, -0.05) is 0 Å². The van der Waals surface area contributed by atoms with E-state index >= 15 is 0 Å². The van der Waals surface area contributed by atoms with Crippen LogP contribution in [0.4, 0.5) is 0 Å². The summed E-state index contributed by atoms with van der Waals surface area (Å²) in [6.07, 6.45) is 0. The second kappa shape index (κ2) is 6.07. The Hall–Kier alpha value is -1.18. The Morgan fingerprint density at radius 3 is 2.55 bits per heavy atom. The number of amides is 1. The second-order valence-corrected chi connectivity index (χ2v) is 5.82. The van der Waals surface area contributed by atoms with Crippen LogP contribution in [-0.2, 0) is 19.1 Å². The van der Waals surface area contributed by atoms with Crippen molar-refractivity contribution in [2.75, 3.05) is 46.0 Å². The number of hydrogen-bond acceptors (Lipinski definition) is 5. The fraction of sp³-hybridized carbons (Fsp3) is 0.846. The predicted octanol–water partition coefficient (Wildman–Crippen LogP) is -0.591. The summed E-state index contributed by atoms with van der Waals surface area (Å²) < 4.78 is 10.7. The summed E-state index contributed by atoms with van der Waals surface area (Å²) in [6.45, 7) is 6.69. The number of nitrogens with zero attached hydrogens (tertiary/aromatic N) is 2. The highest BCUT2D eigenvalue weighted by Crippen LogP contribution is 2.21. The van der Waals surface area contributed by atoms with Crippen LogP contribution in [0.1, 0.15) is 13.8 Å². The molecule has 7 nitrogen and oxygen atoms in total. The van der Waals surface area contributed by atoms with Gasteiger partial charge in [0.15, 0.2) is 0 Å². The molecule has 0 aliphatic carbocycles. The number of rotatable bonds is 3. The lowest BCUT2D eigenvalue weighted by atomic mass is 10.0. The quantitative estimate of drug-likeness (QED) is 0.747. The maximum absolute atomic E-state index is 12.2. The number of carbonyl (C=O) groups excluding carboxylic acids is 1. The van der Waals surface area contributed by atoms with Crippen molar-refractivity contribution in [2.24, 2.45) is 0 Å². The van der Waals surface area contributed by atoms with E-state index in [4.69, 9.17) is 9.47 Å². The molecule has 2 fully saturated rings. The average Bonchev–Trinajstić information content (AvgIpc) is 2.38. The third kappa shape index (κ3) is 3.68. The minimum Gasteiger partial charge on any atom is -0.480 e. The lowest BCUT2D eigenvalue weighted by Gasteiger charge is -2.42. The van der Waals surface area contributed by atoms with Gasteiger partial charge in [0.1, 0.15) is 6.04 Å². The molecule has 0 aromatic heterocycles. The predicted molar refractivity (Wildman–Crippen MR) is 70.4 cm³/mol. The second-order valence-electron chi connectivity index (χ2n) is 5.82. The number of morpholine rings is 2. The summed E-state index contributed by atoms with van der Waals surface area (Å²) in [6, 6.07) is -0.756. The van der Waals surface area contributed by atoms with Crippen LogP contribution in [0.3, 0.4) is 0 Å². The fourth-order valence-electron chi connectivity index (χ4n) is 2.53. The van der Waals surface area contributed by atoms with Gasteiger partial charge in [0.05, 0.1) is 32.0 Å². The Morgan fingerprint density at radius 1 is 1.30 bits per heavy atom. The van der Waals surface area contributed by atoms with E-state index in [1.807, 2.05) is 13.8 Å². The maximum atomic E-state index is 12.2. The van der Waals surface area contributed by atoms with Crippen molar-refractivity contribution < 1.29 is 24.2 Å². The van der Waals surface area contributed by atoms with Crippen LogP contribution in [0.2, 0.25) is 0 Å². The molecule has 1 N–H and O–H groups in total. The molecule has 2 heterocycles. The van der Waals surface area contributed by atoms with Crippen LogP contribution >= 0.6 is 0 Å². The zero-order valence-corrected chi connectivity index (χ0v) is 12.0. The first-order valence-electron chi connectivity index (χ1n) is 6.85. The van der Waals surface area contributed by atoms with Gasteiger partial charge in [-0.25, -0.2) is 0 Å². The summed E-state index contributed by atoms with van der Waals surface area (Å²) >= 11 is 0. The summed E-state index contributed by atoms with van der Waals surface area (Å²) in [5.41, 5.74) is -0.433. The summed E-state index contributed by atoms with van der Waals surface area (Å²) in [4.78, 5) is 26.9. The number of aliphatic carboxylic acids is 1. The highest BCUT2D eigenvalue weighted by Gasteiger charge is 2.39. The standard InChI is InChI=1S/C13H22N2O5/c1-13(2)9-15(10(8-20-13)12(17)18)7-11(16)14-3-5-19-6-4-14/h10H,3-9H2,1-2H3,(H,17,18). The van der Waals surface area contributed by atoms with Gasteiger partial charge in [-0.15, -0.1) is 0 Å². The molecule has 0 aromatic carbocycles. The van der Waals surface area contributed by atoms with Gasteiger partial charge in [-0.3, -0.25) is 14.5 Å². The van der Waals surface area contributed by atoms with Crippen molar-refractivity contribution in [1.82, 2.24) is 9.80 Å². The Bertz CT molecular complexity index is 379. The van der Waals surface area contributed by atoms with Crippen molar-refractivity contribution in [2.45, 2.75) is 25.5 Å². The van der Waals surface area contributed by atoms with Gasteiger partial charge in [-0.2, -0.15) is 0 Å². The number of hydrogen-bond donors (Lipinski definition) is 1. The van der Waals surface area contributed by atoms with Crippen LogP contribution in [-0.4, -0.2) is 84.4 Å². The summed E-state index contributed by atoms with van der Waals surface area (Å²) in [5.74, 6) is -0.993. The molecule has 2 aliphatic rings. The third-order valence-electron chi connectivity index (χ3n) is 3.64. The molecule has 0 spiro atoms. The molecule has 2 rings (SSSR count). The van der Waals surface area contributed by atoms with E-state index in [1.54, 1.807) is 9.80 Å². The Balaban J connectivity index is 1.99. The first kappa shape index (κ1) is 15.2. The molecule has 20 heavy (non-hydrogen) atoms. The Labute approximate surface area is 118 Å². The van der Waals surface area contributed by atoms with Gasteiger partial charge in [-0.05, 0) is 13.8 Å². The molecule has 0 radical (unpaired) electrons. The van der Waals surface area contributed by atoms with Gasteiger partial charge in [0.25, 0.3) is 0 Å². The zero-order chi connectivity index (χ0) is 14.8. The SMILES string of the molecule is CC1(C)CN(CC(=O)N2CCOCC2)C(C(=O)O)CO1. The fourth-order valence-corrected chi connectivity index (χ4v) is 2.53. The lowest BCUT2D eigenvalue weighted by Crippen LogP contribution is -2.59. The van der Waals surface area contributed by atoms with Gasteiger partial charge < -0.3 is 19.5 Å². The molecule has 1 amide bonds. The van der Waals surface area contributed by atoms with Crippen LogP contribution in [0, 0.1) is 0 Å². The van der Waals surface area contributed by atoms with Crippen LogP contribution in [0.25, 0.3) is 0 Å². The molecule has 2 saturated heterocycles. The first-order valence-corrected chi connectivity index (χ1v) is 6.85. The van der Waals surface area contributed by atoms with Crippen molar-refractivity contribution in [3.63, 3.8) is 0 Å². The van der Waals surface area contributed by atoms with E-state index in [0.29, 0.717) is 32.8 Å². The van der Waals surface area contributed by atoms with Gasteiger partial charge in [0, 0.05) is 19.6 Å². The minimum atomic E-state index is -0.949. The highest BCUT2D eigenvalue weighted by atomic mass is 16.5. The number of carbonyl (C=O) groups is 2. The minimum absolute atomic E-state index is 0.0442. The molecule has 0 aromatic rings. The van der Waals surface area contributed by atoms with Crippen LogP contribution < -0.4 is 0 Å². The monoisotopic (exact) mass is 286 g/mol. The third-order valence-corrected chi connectivity index (χ3v) is 3.64. The van der Waals surface area contributed by atoms with E-state index in [2.05, 4.69) is 0 Å². The van der Waals surface area contributed by atoms with Crippen LogP contribution in [0.15, 0.2) is 0 Å². The Morgan fingerprint density at radius 2 is 1.95 bits per heavy atom. The van der Waals surface area contributed by atoms with E-state index in [9.17, 15) is 14.7 Å². The first-order chi connectivity index (χ1) is 9.39. The molecule has 114 valence electrons. The molecule has 7 heteroatoms. The molecular weight excluding hydrogens is 264 g/mol. The number of ether oxygens (including phenoxy) is 2. The molecular formula is C13H22N2O5. The molecule has 1 atom stereocenters. The summed E-state index contributed by atoms with van der Waals surface area (Å²) in [5, 5.41) is 9.24. The smallest absolute Gasteiger partial charge is 0.323 e. The van der Waals surface area contributed by atoms with Crippen molar-refractivity contribution in [1.29, 1.82) is 0 Å². The number of carboxylic acids is 1. The van der Waals surface area contributed by atoms with E-state index in [1.165, 1.54) is 0 Å². The summed E-state index contributed by atoms with van der Waals surface area (Å²) in [7, 11) is 0. The zero-order valence-electron chi connectivity index (χ0n) is 12.0. The van der Waals surface area contributed by atoms with Crippen molar-refractivity contribution in [3.05, 3.63) is 0 Å². The number of carboxylic acid groups (broad SMARTS) is 1. The van der Waals surface area contributed by atoms with E-state index in [-0.39, 0.29) is 19.1 Å². The normalized spacial score (nSPS) is 27.3. The average molecular weight is 286 g/mol. The van der Waals surface area contributed by atoms with Crippen LogP contribution in [0.5, 0.6) is 0 Å².